The van der Waals surface area contributed by atoms with Crippen LogP contribution in [0.1, 0.15) is 13.3 Å². The van der Waals surface area contributed by atoms with Crippen LogP contribution >= 0.6 is 0 Å². The van der Waals surface area contributed by atoms with Gasteiger partial charge in [-0.05, 0) is 6.92 Å². The molecule has 0 radical (unpaired) electrons. The topological polar surface area (TPSA) is 234 Å². The highest BCUT2D eigenvalue weighted by Gasteiger charge is 2.29. The molecule has 0 aliphatic heterocycles. The third-order valence-electron chi connectivity index (χ3n) is 3.12. The molecule has 10 N–H and O–H groups in total. The van der Waals surface area contributed by atoms with Crippen LogP contribution in [0.25, 0.3) is 0 Å². The molecule has 4 amide bonds. The lowest BCUT2D eigenvalue weighted by molar-refractivity contribution is -0.143. The lowest BCUT2D eigenvalue weighted by Crippen LogP contribution is -2.57. The maximum absolute atomic E-state index is 12.0. The summed E-state index contributed by atoms with van der Waals surface area (Å²) >= 11 is 0. The average Bonchev–Trinajstić information content (AvgIpc) is 2.56. The molecule has 13 heteroatoms. The summed E-state index contributed by atoms with van der Waals surface area (Å²) in [5, 5.41) is 32.7. The molecular formula is C13H23N5O8. The Balaban J connectivity index is 5.00. The van der Waals surface area contributed by atoms with E-state index in [1.165, 1.54) is 6.92 Å². The minimum absolute atomic E-state index is 0.647. The van der Waals surface area contributed by atoms with Crippen molar-refractivity contribution in [3.8, 4) is 0 Å². The predicted molar refractivity (Wildman–Crippen MR) is 85.1 cm³/mol. The molecule has 4 unspecified atom stereocenters. The monoisotopic (exact) mass is 377 g/mol. The number of carbonyl (C=O) groups excluding carboxylic acids is 4. The zero-order valence-electron chi connectivity index (χ0n) is 14.0. The minimum atomic E-state index is -1.64. The molecule has 0 heterocycles. The number of aliphatic hydroxyl groups excluding tert-OH is 2. The number of amides is 4. The van der Waals surface area contributed by atoms with E-state index in [1.54, 1.807) is 0 Å². The number of carboxylic acids is 1. The van der Waals surface area contributed by atoms with E-state index in [1.807, 2.05) is 5.32 Å². The molecule has 148 valence electrons. The van der Waals surface area contributed by atoms with Crippen molar-refractivity contribution < 1.29 is 39.3 Å². The van der Waals surface area contributed by atoms with Gasteiger partial charge < -0.3 is 42.7 Å². The molecule has 26 heavy (non-hydrogen) atoms. The Morgan fingerprint density at radius 2 is 1.42 bits per heavy atom. The standard InChI is InChI=1S/C13H23N5O8/c1-5(16-11(23)6(14)3-19)10(22)17-7(2-9(15)21)12(24)18-8(4-20)13(25)26/h5-8,19-20H,2-4,14H2,1H3,(H2,15,21)(H,16,23)(H,17,22)(H,18,24)(H,25,26). The lowest BCUT2D eigenvalue weighted by atomic mass is 10.1. The van der Waals surface area contributed by atoms with Crippen LogP contribution in [0.15, 0.2) is 0 Å². The number of aliphatic hydroxyl groups is 2. The van der Waals surface area contributed by atoms with Crippen LogP contribution in [0.2, 0.25) is 0 Å². The first-order valence-corrected chi connectivity index (χ1v) is 7.43. The zero-order chi connectivity index (χ0) is 20.4. The Hall–Kier alpha value is -2.77. The molecule has 0 rings (SSSR count). The summed E-state index contributed by atoms with van der Waals surface area (Å²) < 4.78 is 0. The molecule has 13 nitrogen and oxygen atoms in total. The smallest absolute Gasteiger partial charge is 0.328 e. The fourth-order valence-corrected chi connectivity index (χ4v) is 1.63. The van der Waals surface area contributed by atoms with Gasteiger partial charge in [0, 0.05) is 0 Å². The predicted octanol–water partition coefficient (Wildman–Crippen LogP) is -5.27. The van der Waals surface area contributed by atoms with Crippen molar-refractivity contribution in [3.05, 3.63) is 0 Å². The summed E-state index contributed by atoms with van der Waals surface area (Å²) in [5.41, 5.74) is 10.3. The first-order chi connectivity index (χ1) is 12.0. The van der Waals surface area contributed by atoms with E-state index in [0.717, 1.165) is 0 Å². The molecule has 0 saturated carbocycles. The molecule has 0 aromatic rings. The van der Waals surface area contributed by atoms with Gasteiger partial charge in [0.25, 0.3) is 0 Å². The number of hydrogen-bond donors (Lipinski definition) is 8. The highest BCUT2D eigenvalue weighted by Crippen LogP contribution is 1.97. The van der Waals surface area contributed by atoms with Crippen molar-refractivity contribution in [1.82, 2.24) is 16.0 Å². The van der Waals surface area contributed by atoms with Gasteiger partial charge in [0.2, 0.25) is 23.6 Å². The molecule has 0 aliphatic rings. The van der Waals surface area contributed by atoms with Gasteiger partial charge in [0.1, 0.15) is 24.2 Å². The number of carbonyl (C=O) groups is 5. The lowest BCUT2D eigenvalue weighted by Gasteiger charge is -2.22. The van der Waals surface area contributed by atoms with Crippen molar-refractivity contribution in [2.24, 2.45) is 11.5 Å². The van der Waals surface area contributed by atoms with Gasteiger partial charge in [-0.25, -0.2) is 4.79 Å². The number of rotatable bonds is 11. The zero-order valence-corrected chi connectivity index (χ0v) is 14.0. The fraction of sp³-hybridized carbons (Fsp3) is 0.615. The summed E-state index contributed by atoms with van der Waals surface area (Å²) in [6.07, 6.45) is -0.647. The largest absolute Gasteiger partial charge is 0.480 e. The first-order valence-electron chi connectivity index (χ1n) is 7.43. The van der Waals surface area contributed by atoms with Gasteiger partial charge in [-0.1, -0.05) is 0 Å². The van der Waals surface area contributed by atoms with Crippen molar-refractivity contribution in [1.29, 1.82) is 0 Å². The summed E-state index contributed by atoms with van der Waals surface area (Å²) in [6, 6.07) is -5.61. The number of nitrogens with two attached hydrogens (primary N) is 2. The van der Waals surface area contributed by atoms with Gasteiger partial charge in [-0.15, -0.1) is 0 Å². The molecule has 0 fully saturated rings. The first kappa shape index (κ1) is 23.2. The molecule has 0 aromatic carbocycles. The molecule has 0 saturated heterocycles. The summed E-state index contributed by atoms with van der Waals surface area (Å²) in [4.78, 5) is 57.5. The molecule has 4 atom stereocenters. The number of carboxylic acid groups (broad SMARTS) is 1. The van der Waals surface area contributed by atoms with Crippen LogP contribution in [0.4, 0.5) is 0 Å². The third-order valence-corrected chi connectivity index (χ3v) is 3.12. The quantitative estimate of drug-likeness (QED) is 0.171. The van der Waals surface area contributed by atoms with Crippen LogP contribution in [-0.2, 0) is 24.0 Å². The molecule has 0 aliphatic carbocycles. The van der Waals surface area contributed by atoms with E-state index < -0.39 is 73.4 Å². The van der Waals surface area contributed by atoms with Crippen LogP contribution in [0.3, 0.4) is 0 Å². The van der Waals surface area contributed by atoms with Crippen LogP contribution in [0.5, 0.6) is 0 Å². The van der Waals surface area contributed by atoms with Crippen LogP contribution in [0, 0.1) is 0 Å². The third kappa shape index (κ3) is 7.87. The Labute approximate surface area is 148 Å². The summed E-state index contributed by atoms with van der Waals surface area (Å²) in [7, 11) is 0. The van der Waals surface area contributed by atoms with Crippen LogP contribution in [-0.4, -0.2) is 82.3 Å². The highest BCUT2D eigenvalue weighted by atomic mass is 16.4. The fourth-order valence-electron chi connectivity index (χ4n) is 1.63. The van der Waals surface area contributed by atoms with Crippen LogP contribution < -0.4 is 27.4 Å². The Morgan fingerprint density at radius 3 is 1.85 bits per heavy atom. The van der Waals surface area contributed by atoms with E-state index in [0.29, 0.717) is 0 Å². The van der Waals surface area contributed by atoms with E-state index in [2.05, 4.69) is 10.6 Å². The minimum Gasteiger partial charge on any atom is -0.480 e. The van der Waals surface area contributed by atoms with Gasteiger partial charge in [0.05, 0.1) is 19.6 Å². The molecule has 0 aromatic heterocycles. The SMILES string of the molecule is CC(NC(=O)C(N)CO)C(=O)NC(CC(N)=O)C(=O)NC(CO)C(=O)O. The molecular weight excluding hydrogens is 354 g/mol. The second-order valence-corrected chi connectivity index (χ2v) is 5.33. The van der Waals surface area contributed by atoms with Gasteiger partial charge in [-0.2, -0.15) is 0 Å². The van der Waals surface area contributed by atoms with E-state index in [9.17, 15) is 24.0 Å². The second kappa shape index (κ2) is 11.0. The summed E-state index contributed by atoms with van der Waals surface area (Å²) in [5.74, 6) is -5.26. The number of nitrogens with one attached hydrogen (secondary N) is 3. The van der Waals surface area contributed by atoms with Crippen molar-refractivity contribution in [2.75, 3.05) is 13.2 Å². The Morgan fingerprint density at radius 1 is 0.885 bits per heavy atom. The van der Waals surface area contributed by atoms with Crippen molar-refractivity contribution in [2.45, 2.75) is 37.5 Å². The normalized spacial score (nSPS) is 15.1. The van der Waals surface area contributed by atoms with E-state index >= 15 is 0 Å². The number of aliphatic carboxylic acids is 1. The van der Waals surface area contributed by atoms with E-state index in [4.69, 9.17) is 26.8 Å². The van der Waals surface area contributed by atoms with E-state index in [-0.39, 0.29) is 0 Å². The maximum atomic E-state index is 12.0. The number of primary amides is 1. The molecule has 0 spiro atoms. The Bertz CT molecular complexity index is 555. The average molecular weight is 377 g/mol. The highest BCUT2D eigenvalue weighted by molar-refractivity contribution is 5.95. The molecule has 0 bridgehead atoms. The summed E-state index contributed by atoms with van der Waals surface area (Å²) in [6.45, 7) is -0.307. The van der Waals surface area contributed by atoms with Crippen molar-refractivity contribution in [3.63, 3.8) is 0 Å². The van der Waals surface area contributed by atoms with Gasteiger partial charge in [-0.3, -0.25) is 19.2 Å². The second-order valence-electron chi connectivity index (χ2n) is 5.33. The van der Waals surface area contributed by atoms with Crippen molar-refractivity contribution >= 4 is 29.6 Å². The van der Waals surface area contributed by atoms with Gasteiger partial charge in [0.15, 0.2) is 0 Å². The maximum Gasteiger partial charge on any atom is 0.328 e. The number of hydrogen-bond acceptors (Lipinski definition) is 8. The Kier molecular flexibility index (Phi) is 9.80. The van der Waals surface area contributed by atoms with Gasteiger partial charge >= 0.3 is 5.97 Å².